The Morgan fingerprint density at radius 3 is 2.38 bits per heavy atom. The summed E-state index contributed by atoms with van der Waals surface area (Å²) in [5.41, 5.74) is 1.27. The topological polar surface area (TPSA) is 71.1 Å². The van der Waals surface area contributed by atoms with Crippen LogP contribution in [0.25, 0.3) is 0 Å². The summed E-state index contributed by atoms with van der Waals surface area (Å²) in [6.45, 7) is 0.468. The number of anilines is 1. The average molecular weight is 403 g/mol. The van der Waals surface area contributed by atoms with Crippen LogP contribution in [0.15, 0.2) is 42.5 Å². The van der Waals surface area contributed by atoms with Gasteiger partial charge in [0.2, 0.25) is 11.8 Å². The average Bonchev–Trinajstić information content (AvgIpc) is 2.67. The maximum atomic E-state index is 13.2. The van der Waals surface area contributed by atoms with Gasteiger partial charge in [-0.2, -0.15) is 0 Å². The Kier molecular flexibility index (Phi) is 7.97. The zero-order valence-corrected chi connectivity index (χ0v) is 17.1. The molecule has 0 aliphatic rings. The Morgan fingerprint density at radius 1 is 1.00 bits per heavy atom. The molecular weight excluding hydrogens is 377 g/mol. The van der Waals surface area contributed by atoms with E-state index in [1.54, 1.807) is 50.2 Å². The highest BCUT2D eigenvalue weighted by Crippen LogP contribution is 2.27. The number of rotatable bonds is 9. The Balaban J connectivity index is 1.86. The molecule has 0 heterocycles. The molecule has 0 radical (unpaired) electrons. The van der Waals surface area contributed by atoms with E-state index in [1.165, 1.54) is 18.2 Å². The third-order valence-electron chi connectivity index (χ3n) is 4.22. The molecule has 0 unspecified atom stereocenters. The smallest absolute Gasteiger partial charge is 0.238 e. The minimum absolute atomic E-state index is 0.00640. The first-order valence-electron chi connectivity index (χ1n) is 9.01. The minimum Gasteiger partial charge on any atom is -0.493 e. The standard InChI is InChI=1S/C21H26FN3O4/c1-24(13-20(26)23-17-7-5-6-16(22)11-17)14-21(27)25(2)12-15-8-9-18(28-3)19(10-15)29-4/h5-11H,12-14H2,1-4H3,(H,23,26). The molecule has 156 valence electrons. The van der Waals surface area contributed by atoms with Crippen LogP contribution in [0.3, 0.4) is 0 Å². The number of amides is 2. The van der Waals surface area contributed by atoms with Crippen molar-refractivity contribution in [3.63, 3.8) is 0 Å². The van der Waals surface area contributed by atoms with E-state index in [9.17, 15) is 14.0 Å². The molecule has 0 bridgehead atoms. The number of hydrogen-bond donors (Lipinski definition) is 1. The predicted molar refractivity (Wildman–Crippen MR) is 109 cm³/mol. The van der Waals surface area contributed by atoms with E-state index in [4.69, 9.17) is 9.47 Å². The van der Waals surface area contributed by atoms with E-state index in [1.807, 2.05) is 12.1 Å². The molecule has 2 rings (SSSR count). The van der Waals surface area contributed by atoms with Gasteiger partial charge in [-0.05, 0) is 42.9 Å². The van der Waals surface area contributed by atoms with Crippen LogP contribution in [0, 0.1) is 5.82 Å². The molecule has 0 aromatic heterocycles. The van der Waals surface area contributed by atoms with Gasteiger partial charge in [0, 0.05) is 19.3 Å². The van der Waals surface area contributed by atoms with Crippen molar-refractivity contribution in [2.24, 2.45) is 0 Å². The van der Waals surface area contributed by atoms with Crippen molar-refractivity contribution in [1.29, 1.82) is 0 Å². The number of nitrogens with zero attached hydrogens (tertiary/aromatic N) is 2. The lowest BCUT2D eigenvalue weighted by Crippen LogP contribution is -2.39. The van der Waals surface area contributed by atoms with Crippen LogP contribution in [0.1, 0.15) is 5.56 Å². The molecule has 2 aromatic rings. The van der Waals surface area contributed by atoms with Gasteiger partial charge in [0.05, 0.1) is 27.3 Å². The SMILES string of the molecule is COc1ccc(CN(C)C(=O)CN(C)CC(=O)Nc2cccc(F)c2)cc1OC. The number of ether oxygens (including phenoxy) is 2. The van der Waals surface area contributed by atoms with Crippen molar-refractivity contribution in [1.82, 2.24) is 9.80 Å². The molecule has 0 aliphatic heterocycles. The highest BCUT2D eigenvalue weighted by Gasteiger charge is 2.15. The van der Waals surface area contributed by atoms with Gasteiger partial charge in [0.1, 0.15) is 5.82 Å². The van der Waals surface area contributed by atoms with Gasteiger partial charge in [0.15, 0.2) is 11.5 Å². The zero-order valence-electron chi connectivity index (χ0n) is 17.1. The number of hydrogen-bond acceptors (Lipinski definition) is 5. The normalized spacial score (nSPS) is 10.6. The molecule has 0 spiro atoms. The summed E-state index contributed by atoms with van der Waals surface area (Å²) < 4.78 is 23.7. The quantitative estimate of drug-likeness (QED) is 0.696. The van der Waals surface area contributed by atoms with Crippen LogP contribution >= 0.6 is 0 Å². The second-order valence-corrected chi connectivity index (χ2v) is 6.67. The fourth-order valence-electron chi connectivity index (χ4n) is 2.76. The highest BCUT2D eigenvalue weighted by molar-refractivity contribution is 5.92. The number of carbonyl (C=O) groups excluding carboxylic acids is 2. The van der Waals surface area contributed by atoms with Crippen molar-refractivity contribution in [2.75, 3.05) is 46.7 Å². The summed E-state index contributed by atoms with van der Waals surface area (Å²) in [7, 11) is 6.49. The summed E-state index contributed by atoms with van der Waals surface area (Å²) in [6, 6.07) is 11.1. The van der Waals surface area contributed by atoms with Gasteiger partial charge in [-0.1, -0.05) is 12.1 Å². The third-order valence-corrected chi connectivity index (χ3v) is 4.22. The lowest BCUT2D eigenvalue weighted by Gasteiger charge is -2.22. The molecule has 1 N–H and O–H groups in total. The zero-order chi connectivity index (χ0) is 21.4. The van der Waals surface area contributed by atoms with Crippen LogP contribution < -0.4 is 14.8 Å². The van der Waals surface area contributed by atoms with Gasteiger partial charge in [-0.15, -0.1) is 0 Å². The molecular formula is C21H26FN3O4. The second-order valence-electron chi connectivity index (χ2n) is 6.67. The molecule has 2 amide bonds. The summed E-state index contributed by atoms with van der Waals surface area (Å²) in [5, 5.41) is 2.61. The second kappa shape index (κ2) is 10.4. The maximum Gasteiger partial charge on any atom is 0.238 e. The first kappa shape index (κ1) is 22.2. The number of halogens is 1. The van der Waals surface area contributed by atoms with E-state index >= 15 is 0 Å². The van der Waals surface area contributed by atoms with Gasteiger partial charge >= 0.3 is 0 Å². The molecule has 0 saturated heterocycles. The maximum absolute atomic E-state index is 13.2. The van der Waals surface area contributed by atoms with E-state index in [0.717, 1.165) is 5.56 Å². The fraction of sp³-hybridized carbons (Fsp3) is 0.333. The van der Waals surface area contributed by atoms with E-state index in [-0.39, 0.29) is 24.9 Å². The molecule has 29 heavy (non-hydrogen) atoms. The predicted octanol–water partition coefficient (Wildman–Crippen LogP) is 2.37. The Labute approximate surface area is 170 Å². The number of carbonyl (C=O) groups is 2. The number of methoxy groups -OCH3 is 2. The number of likely N-dealkylation sites (N-methyl/N-ethyl adjacent to an activating group) is 2. The summed E-state index contributed by atoms with van der Waals surface area (Å²) in [4.78, 5) is 27.7. The summed E-state index contributed by atoms with van der Waals surface area (Å²) >= 11 is 0. The highest BCUT2D eigenvalue weighted by atomic mass is 19.1. The van der Waals surface area contributed by atoms with E-state index in [0.29, 0.717) is 23.7 Å². The molecule has 0 saturated carbocycles. The number of nitrogens with one attached hydrogen (secondary N) is 1. The Morgan fingerprint density at radius 2 is 1.72 bits per heavy atom. The van der Waals surface area contributed by atoms with Gasteiger partial charge in [-0.3, -0.25) is 14.5 Å². The molecule has 0 fully saturated rings. The van der Waals surface area contributed by atoms with Crippen molar-refractivity contribution >= 4 is 17.5 Å². The Hall–Kier alpha value is -3.13. The molecule has 0 atom stereocenters. The first-order chi connectivity index (χ1) is 13.8. The minimum atomic E-state index is -0.428. The lowest BCUT2D eigenvalue weighted by atomic mass is 10.2. The van der Waals surface area contributed by atoms with Crippen LogP contribution in [-0.2, 0) is 16.1 Å². The monoisotopic (exact) mass is 403 g/mol. The van der Waals surface area contributed by atoms with Crippen molar-refractivity contribution in [3.05, 3.63) is 53.8 Å². The molecule has 7 nitrogen and oxygen atoms in total. The van der Waals surface area contributed by atoms with Gasteiger partial charge < -0.3 is 19.7 Å². The van der Waals surface area contributed by atoms with Gasteiger partial charge in [-0.25, -0.2) is 4.39 Å². The summed E-state index contributed by atoms with van der Waals surface area (Å²) in [6.07, 6.45) is 0. The van der Waals surface area contributed by atoms with Crippen LogP contribution in [0.5, 0.6) is 11.5 Å². The molecule has 2 aromatic carbocycles. The Bertz CT molecular complexity index is 860. The fourth-order valence-corrected chi connectivity index (χ4v) is 2.76. The van der Waals surface area contributed by atoms with Gasteiger partial charge in [0.25, 0.3) is 0 Å². The van der Waals surface area contributed by atoms with Crippen LogP contribution in [0.4, 0.5) is 10.1 Å². The number of benzene rings is 2. The third kappa shape index (κ3) is 6.76. The van der Waals surface area contributed by atoms with Crippen molar-refractivity contribution in [2.45, 2.75) is 6.54 Å². The van der Waals surface area contributed by atoms with E-state index < -0.39 is 5.82 Å². The summed E-state index contributed by atoms with van der Waals surface area (Å²) in [5.74, 6) is 0.323. The van der Waals surface area contributed by atoms with E-state index in [2.05, 4.69) is 5.32 Å². The first-order valence-corrected chi connectivity index (χ1v) is 9.01. The lowest BCUT2D eigenvalue weighted by molar-refractivity contribution is -0.131. The molecule has 8 heteroatoms. The largest absolute Gasteiger partial charge is 0.493 e. The van der Waals surface area contributed by atoms with Crippen LogP contribution in [0.2, 0.25) is 0 Å². The van der Waals surface area contributed by atoms with Crippen LogP contribution in [-0.4, -0.2) is 63.0 Å². The van der Waals surface area contributed by atoms with Crippen molar-refractivity contribution in [3.8, 4) is 11.5 Å². The van der Waals surface area contributed by atoms with Crippen molar-refractivity contribution < 1.29 is 23.5 Å². The molecule has 0 aliphatic carbocycles.